The third kappa shape index (κ3) is 2.31. The predicted molar refractivity (Wildman–Crippen MR) is 64.6 cm³/mol. The minimum Gasteiger partial charge on any atom is -0.351 e. The molecule has 3 amide bonds. The Balaban J connectivity index is 2.04. The second-order valence-electron chi connectivity index (χ2n) is 5.91. The normalized spacial score (nSPS) is 30.1. The maximum atomic E-state index is 12.5. The van der Waals surface area contributed by atoms with Crippen LogP contribution in [0.15, 0.2) is 0 Å². The number of carbonyl (C=O) groups excluding carboxylic acids is 2. The highest BCUT2D eigenvalue weighted by Crippen LogP contribution is 2.44. The van der Waals surface area contributed by atoms with Crippen LogP contribution in [0.1, 0.15) is 26.7 Å². The number of halogens is 3. The zero-order valence-electron chi connectivity index (χ0n) is 11.4. The Morgan fingerprint density at radius 1 is 1.30 bits per heavy atom. The van der Waals surface area contributed by atoms with E-state index in [1.165, 1.54) is 9.80 Å². The smallest absolute Gasteiger partial charge is 0.351 e. The van der Waals surface area contributed by atoms with Crippen molar-refractivity contribution < 1.29 is 22.8 Å². The van der Waals surface area contributed by atoms with Gasteiger partial charge in [-0.05, 0) is 26.7 Å². The predicted octanol–water partition coefficient (Wildman–Crippen LogP) is 1.33. The second kappa shape index (κ2) is 4.53. The van der Waals surface area contributed by atoms with Crippen LogP contribution in [0.5, 0.6) is 0 Å². The Kier molecular flexibility index (Phi) is 3.38. The Morgan fingerprint density at radius 2 is 1.85 bits per heavy atom. The number of amides is 3. The van der Waals surface area contributed by atoms with Crippen LogP contribution in [0, 0.1) is 5.92 Å². The van der Waals surface area contributed by atoms with Crippen molar-refractivity contribution in [2.24, 2.45) is 11.7 Å². The van der Waals surface area contributed by atoms with Crippen molar-refractivity contribution in [3.63, 3.8) is 0 Å². The van der Waals surface area contributed by atoms with Gasteiger partial charge in [-0.3, -0.25) is 4.79 Å². The highest BCUT2D eigenvalue weighted by molar-refractivity contribution is 5.91. The summed E-state index contributed by atoms with van der Waals surface area (Å²) in [7, 11) is 0. The first-order valence-corrected chi connectivity index (χ1v) is 6.50. The SMILES string of the molecule is CC1(C)C(=O)N([C@H]2C[C@H](C(F)(F)F)C2)CCN1C(N)=O. The molecule has 2 rings (SSSR count). The second-order valence-corrected chi connectivity index (χ2v) is 5.91. The van der Waals surface area contributed by atoms with E-state index in [0.717, 1.165) is 0 Å². The van der Waals surface area contributed by atoms with Gasteiger partial charge in [0.1, 0.15) is 5.54 Å². The lowest BCUT2D eigenvalue weighted by Crippen LogP contribution is -2.68. The Hall–Kier alpha value is -1.47. The molecule has 114 valence electrons. The van der Waals surface area contributed by atoms with E-state index in [9.17, 15) is 22.8 Å². The number of nitrogens with two attached hydrogens (primary N) is 1. The highest BCUT2D eigenvalue weighted by atomic mass is 19.4. The molecule has 0 radical (unpaired) electrons. The van der Waals surface area contributed by atoms with Crippen LogP contribution >= 0.6 is 0 Å². The van der Waals surface area contributed by atoms with Crippen molar-refractivity contribution in [2.75, 3.05) is 13.1 Å². The monoisotopic (exact) mass is 293 g/mol. The van der Waals surface area contributed by atoms with Crippen LogP contribution in [0.25, 0.3) is 0 Å². The summed E-state index contributed by atoms with van der Waals surface area (Å²) in [5.41, 5.74) is 4.12. The molecule has 1 heterocycles. The lowest BCUT2D eigenvalue weighted by Gasteiger charge is -2.51. The molecule has 2 N–H and O–H groups in total. The van der Waals surface area contributed by atoms with E-state index >= 15 is 0 Å². The van der Waals surface area contributed by atoms with Gasteiger partial charge in [0.2, 0.25) is 5.91 Å². The fourth-order valence-corrected chi connectivity index (χ4v) is 2.90. The fraction of sp³-hybridized carbons (Fsp3) is 0.833. The summed E-state index contributed by atoms with van der Waals surface area (Å²) in [6.45, 7) is 3.61. The molecular weight excluding hydrogens is 275 g/mol. The van der Waals surface area contributed by atoms with Gasteiger partial charge in [0.05, 0.1) is 5.92 Å². The summed E-state index contributed by atoms with van der Waals surface area (Å²) in [5.74, 6) is -1.66. The maximum Gasteiger partial charge on any atom is 0.391 e. The number of urea groups is 1. The van der Waals surface area contributed by atoms with Crippen molar-refractivity contribution in [3.8, 4) is 0 Å². The maximum absolute atomic E-state index is 12.5. The van der Waals surface area contributed by atoms with E-state index in [1.807, 2.05) is 0 Å². The first-order valence-electron chi connectivity index (χ1n) is 6.50. The van der Waals surface area contributed by atoms with Crippen LogP contribution in [-0.4, -0.2) is 52.6 Å². The Labute approximate surface area is 114 Å². The Bertz CT molecular complexity index is 430. The zero-order valence-corrected chi connectivity index (χ0v) is 11.4. The minimum atomic E-state index is -4.19. The van der Waals surface area contributed by atoms with Gasteiger partial charge in [-0.1, -0.05) is 0 Å². The number of primary amides is 1. The van der Waals surface area contributed by atoms with Crippen LogP contribution < -0.4 is 5.73 Å². The lowest BCUT2D eigenvalue weighted by atomic mass is 9.77. The first-order chi connectivity index (χ1) is 9.05. The number of carbonyl (C=O) groups is 2. The van der Waals surface area contributed by atoms with E-state index in [4.69, 9.17) is 5.73 Å². The lowest BCUT2D eigenvalue weighted by molar-refractivity contribution is -0.210. The molecule has 0 unspecified atom stereocenters. The molecule has 8 heteroatoms. The van der Waals surface area contributed by atoms with Crippen LogP contribution in [0.4, 0.5) is 18.0 Å². The van der Waals surface area contributed by atoms with Gasteiger partial charge >= 0.3 is 12.2 Å². The van der Waals surface area contributed by atoms with Crippen LogP contribution in [-0.2, 0) is 4.79 Å². The third-order valence-electron chi connectivity index (χ3n) is 4.31. The summed E-state index contributed by atoms with van der Waals surface area (Å²) in [5, 5.41) is 0. The summed E-state index contributed by atoms with van der Waals surface area (Å²) in [6, 6.07) is -1.08. The van der Waals surface area contributed by atoms with Crippen molar-refractivity contribution >= 4 is 11.9 Å². The Morgan fingerprint density at radius 3 is 2.30 bits per heavy atom. The number of hydrogen-bond donors (Lipinski definition) is 1. The summed E-state index contributed by atoms with van der Waals surface area (Å²) in [4.78, 5) is 26.4. The van der Waals surface area contributed by atoms with Crippen molar-refractivity contribution in [3.05, 3.63) is 0 Å². The zero-order chi connectivity index (χ0) is 15.3. The molecule has 2 aliphatic rings. The molecule has 0 spiro atoms. The molecule has 0 aromatic rings. The van der Waals surface area contributed by atoms with Crippen LogP contribution in [0.2, 0.25) is 0 Å². The molecule has 1 saturated carbocycles. The van der Waals surface area contributed by atoms with Crippen LogP contribution in [0.3, 0.4) is 0 Å². The number of nitrogens with zero attached hydrogens (tertiary/aromatic N) is 2. The fourth-order valence-electron chi connectivity index (χ4n) is 2.90. The quantitative estimate of drug-likeness (QED) is 0.792. The molecule has 5 nitrogen and oxygen atoms in total. The van der Waals surface area contributed by atoms with E-state index in [0.29, 0.717) is 0 Å². The molecule has 2 fully saturated rings. The van der Waals surface area contributed by atoms with Gasteiger partial charge in [-0.15, -0.1) is 0 Å². The van der Waals surface area contributed by atoms with Gasteiger partial charge in [0.15, 0.2) is 0 Å². The topological polar surface area (TPSA) is 66.6 Å². The molecule has 20 heavy (non-hydrogen) atoms. The molecule has 1 saturated heterocycles. The first kappa shape index (κ1) is 14.9. The van der Waals surface area contributed by atoms with E-state index in [2.05, 4.69) is 0 Å². The number of rotatable bonds is 1. The summed E-state index contributed by atoms with van der Waals surface area (Å²) >= 11 is 0. The van der Waals surface area contributed by atoms with Gasteiger partial charge < -0.3 is 15.5 Å². The average molecular weight is 293 g/mol. The molecule has 0 bridgehead atoms. The molecule has 0 aromatic heterocycles. The largest absolute Gasteiger partial charge is 0.391 e. The van der Waals surface area contributed by atoms with E-state index in [-0.39, 0.29) is 37.9 Å². The van der Waals surface area contributed by atoms with Gasteiger partial charge in [-0.25, -0.2) is 4.79 Å². The summed E-state index contributed by atoms with van der Waals surface area (Å²) < 4.78 is 37.5. The van der Waals surface area contributed by atoms with E-state index in [1.54, 1.807) is 13.8 Å². The minimum absolute atomic E-state index is 0.0537. The average Bonchev–Trinajstić information content (AvgIpc) is 2.19. The van der Waals surface area contributed by atoms with Crippen molar-refractivity contribution in [1.29, 1.82) is 0 Å². The molecular formula is C12H18F3N3O2. The van der Waals surface area contributed by atoms with Crippen molar-refractivity contribution in [2.45, 2.75) is 44.4 Å². The number of alkyl halides is 3. The van der Waals surface area contributed by atoms with E-state index < -0.39 is 23.7 Å². The third-order valence-corrected chi connectivity index (χ3v) is 4.31. The number of hydrogen-bond acceptors (Lipinski definition) is 2. The molecule has 1 aliphatic carbocycles. The standard InChI is InChI=1S/C12H18F3N3O2/c1-11(2)9(19)17(3-4-18(11)10(16)20)8-5-7(6-8)12(13,14)15/h7-8H,3-6H2,1-2H3,(H2,16,20)/t7-,8-. The highest BCUT2D eigenvalue weighted by Gasteiger charge is 2.53. The van der Waals surface area contributed by atoms with Crippen molar-refractivity contribution in [1.82, 2.24) is 9.80 Å². The summed E-state index contributed by atoms with van der Waals surface area (Å²) in [6.07, 6.45) is -4.30. The number of piperazine rings is 1. The molecule has 0 atom stereocenters. The van der Waals surface area contributed by atoms with Gasteiger partial charge in [0.25, 0.3) is 0 Å². The van der Waals surface area contributed by atoms with Gasteiger partial charge in [-0.2, -0.15) is 13.2 Å². The molecule has 1 aliphatic heterocycles. The van der Waals surface area contributed by atoms with Gasteiger partial charge in [0, 0.05) is 19.1 Å². The molecule has 0 aromatic carbocycles.